The average Bonchev–Trinajstić information content (AvgIpc) is 1.99. The van der Waals surface area contributed by atoms with E-state index in [4.69, 9.17) is 5.11 Å². The first-order chi connectivity index (χ1) is 5.99. The van der Waals surface area contributed by atoms with Crippen LogP contribution in [-0.2, 0) is 23.9 Å². The van der Waals surface area contributed by atoms with Crippen LogP contribution >= 0.6 is 0 Å². The summed E-state index contributed by atoms with van der Waals surface area (Å²) >= 11 is 0. The normalized spacial score (nSPS) is 11.5. The van der Waals surface area contributed by atoms with E-state index < -0.39 is 24.0 Å². The van der Waals surface area contributed by atoms with Crippen molar-refractivity contribution in [3.63, 3.8) is 0 Å². The third kappa shape index (κ3) is 4.09. The zero-order valence-electron chi connectivity index (χ0n) is 7.27. The van der Waals surface area contributed by atoms with Crippen LogP contribution in [0.3, 0.4) is 0 Å². The number of hydrogen-bond donors (Lipinski definition) is 1. The van der Waals surface area contributed by atoms with Crippen molar-refractivity contribution < 1.29 is 29.0 Å². The Morgan fingerprint density at radius 3 is 2.23 bits per heavy atom. The lowest BCUT2D eigenvalue weighted by Crippen LogP contribution is -2.35. The Kier molecular flexibility index (Phi) is 4.50. The number of carboxylic acid groups (broad SMARTS) is 1. The number of carbonyl (C=O) groups excluding carboxylic acids is 2. The van der Waals surface area contributed by atoms with E-state index in [1.165, 1.54) is 6.92 Å². The zero-order chi connectivity index (χ0) is 10.4. The van der Waals surface area contributed by atoms with Gasteiger partial charge in [0.25, 0.3) is 6.10 Å². The van der Waals surface area contributed by atoms with E-state index >= 15 is 0 Å². The molecule has 0 aliphatic heterocycles. The van der Waals surface area contributed by atoms with Gasteiger partial charge in [0, 0.05) is 6.92 Å². The van der Waals surface area contributed by atoms with Gasteiger partial charge in [-0.3, -0.25) is 4.79 Å². The molecular formula is C7H10O6. The lowest BCUT2D eigenvalue weighted by Gasteiger charge is -2.10. The van der Waals surface area contributed by atoms with E-state index in [1.807, 2.05) is 0 Å². The fraction of sp³-hybridized carbons (Fsp3) is 0.571. The molecule has 0 bridgehead atoms. The maximum Gasteiger partial charge on any atom is 0.359 e. The molecular weight excluding hydrogens is 180 g/mol. The highest BCUT2D eigenvalue weighted by Gasteiger charge is 2.30. The summed E-state index contributed by atoms with van der Waals surface area (Å²) in [6.45, 7) is 2.56. The van der Waals surface area contributed by atoms with Crippen molar-refractivity contribution in [2.45, 2.75) is 20.0 Å². The van der Waals surface area contributed by atoms with E-state index in [0.717, 1.165) is 6.92 Å². The molecule has 0 spiro atoms. The van der Waals surface area contributed by atoms with Crippen molar-refractivity contribution in [1.82, 2.24) is 0 Å². The lowest BCUT2D eigenvalue weighted by molar-refractivity contribution is -0.176. The van der Waals surface area contributed by atoms with Crippen molar-refractivity contribution in [2.24, 2.45) is 0 Å². The summed E-state index contributed by atoms with van der Waals surface area (Å²) in [5.74, 6) is -3.47. The fourth-order valence-corrected chi connectivity index (χ4v) is 0.583. The molecule has 0 radical (unpaired) electrons. The number of ether oxygens (including phenoxy) is 2. The Labute approximate surface area is 74.4 Å². The predicted molar refractivity (Wildman–Crippen MR) is 39.8 cm³/mol. The van der Waals surface area contributed by atoms with Crippen LogP contribution in [0.5, 0.6) is 0 Å². The fourth-order valence-electron chi connectivity index (χ4n) is 0.583. The molecule has 6 nitrogen and oxygen atoms in total. The van der Waals surface area contributed by atoms with Crippen LogP contribution in [0.2, 0.25) is 0 Å². The van der Waals surface area contributed by atoms with Crippen molar-refractivity contribution >= 4 is 17.9 Å². The van der Waals surface area contributed by atoms with Gasteiger partial charge in [-0.2, -0.15) is 0 Å². The lowest BCUT2D eigenvalue weighted by atomic mass is 10.3. The standard InChI is InChI=1S/C7H10O6/c1-3-12-7(11)5(6(9)10)13-4(2)8/h5H,3H2,1-2H3,(H,9,10). The molecule has 0 amide bonds. The molecule has 0 saturated carbocycles. The monoisotopic (exact) mass is 190 g/mol. The minimum atomic E-state index is -1.86. The largest absolute Gasteiger partial charge is 0.478 e. The molecule has 0 aliphatic carbocycles. The highest BCUT2D eigenvalue weighted by atomic mass is 16.6. The third-order valence-corrected chi connectivity index (χ3v) is 1.01. The highest BCUT2D eigenvalue weighted by Crippen LogP contribution is 1.97. The van der Waals surface area contributed by atoms with Gasteiger partial charge in [-0.1, -0.05) is 0 Å². The molecule has 1 N–H and O–H groups in total. The minimum Gasteiger partial charge on any atom is -0.478 e. The zero-order valence-corrected chi connectivity index (χ0v) is 7.27. The van der Waals surface area contributed by atoms with Crippen LogP contribution in [0, 0.1) is 0 Å². The quantitative estimate of drug-likeness (QED) is 0.477. The van der Waals surface area contributed by atoms with Crippen LogP contribution in [0.25, 0.3) is 0 Å². The summed E-state index contributed by atoms with van der Waals surface area (Å²) in [5.41, 5.74) is 0. The molecule has 1 unspecified atom stereocenters. The molecule has 0 aromatic rings. The summed E-state index contributed by atoms with van der Waals surface area (Å²) in [4.78, 5) is 31.6. The van der Waals surface area contributed by atoms with Gasteiger partial charge in [-0.05, 0) is 6.92 Å². The van der Waals surface area contributed by atoms with Gasteiger partial charge in [-0.15, -0.1) is 0 Å². The van der Waals surface area contributed by atoms with Crippen LogP contribution in [-0.4, -0.2) is 35.7 Å². The molecule has 0 rings (SSSR count). The van der Waals surface area contributed by atoms with Gasteiger partial charge >= 0.3 is 17.9 Å². The average molecular weight is 190 g/mol. The number of aliphatic carboxylic acids is 1. The Hall–Kier alpha value is -1.59. The SMILES string of the molecule is CCOC(=O)C(OC(C)=O)C(=O)O. The molecule has 0 saturated heterocycles. The summed E-state index contributed by atoms with van der Waals surface area (Å²) in [7, 11) is 0. The number of rotatable bonds is 4. The van der Waals surface area contributed by atoms with E-state index in [0.29, 0.717) is 0 Å². The molecule has 0 heterocycles. The van der Waals surface area contributed by atoms with Gasteiger partial charge in [-0.25, -0.2) is 9.59 Å². The highest BCUT2D eigenvalue weighted by molar-refractivity contribution is 5.98. The first-order valence-electron chi connectivity index (χ1n) is 3.55. The van der Waals surface area contributed by atoms with Gasteiger partial charge in [0.2, 0.25) is 0 Å². The van der Waals surface area contributed by atoms with Crippen molar-refractivity contribution in [3.8, 4) is 0 Å². The van der Waals surface area contributed by atoms with Gasteiger partial charge in [0.15, 0.2) is 0 Å². The summed E-state index contributed by atoms with van der Waals surface area (Å²) in [5, 5.41) is 8.44. The molecule has 74 valence electrons. The molecule has 13 heavy (non-hydrogen) atoms. The van der Waals surface area contributed by atoms with Crippen LogP contribution in [0.1, 0.15) is 13.8 Å². The second-order valence-corrected chi connectivity index (χ2v) is 2.08. The first kappa shape index (κ1) is 11.4. The minimum absolute atomic E-state index is 0.0316. The molecule has 0 aromatic carbocycles. The maximum atomic E-state index is 10.8. The molecule has 0 aliphatic rings. The predicted octanol–water partition coefficient (Wildman–Crippen LogP) is -0.434. The second-order valence-electron chi connectivity index (χ2n) is 2.08. The molecule has 0 aromatic heterocycles. The van der Waals surface area contributed by atoms with E-state index in [9.17, 15) is 14.4 Å². The van der Waals surface area contributed by atoms with Crippen LogP contribution < -0.4 is 0 Å². The summed E-state index contributed by atoms with van der Waals surface area (Å²) in [6.07, 6.45) is -1.86. The molecule has 1 atom stereocenters. The van der Waals surface area contributed by atoms with E-state index in [-0.39, 0.29) is 6.61 Å². The Bertz CT molecular complexity index is 221. The number of carboxylic acids is 1. The topological polar surface area (TPSA) is 89.9 Å². The van der Waals surface area contributed by atoms with Gasteiger partial charge in [0.05, 0.1) is 6.61 Å². The smallest absolute Gasteiger partial charge is 0.359 e. The number of carbonyl (C=O) groups is 3. The van der Waals surface area contributed by atoms with Gasteiger partial charge in [0.1, 0.15) is 0 Å². The first-order valence-corrected chi connectivity index (χ1v) is 3.55. The maximum absolute atomic E-state index is 10.8. The van der Waals surface area contributed by atoms with Crippen LogP contribution in [0.15, 0.2) is 0 Å². The number of hydrogen-bond acceptors (Lipinski definition) is 5. The third-order valence-electron chi connectivity index (χ3n) is 1.01. The van der Waals surface area contributed by atoms with E-state index in [2.05, 4.69) is 9.47 Å². The summed E-state index contributed by atoms with van der Waals surface area (Å²) in [6, 6.07) is 0. The Morgan fingerprint density at radius 2 is 1.92 bits per heavy atom. The van der Waals surface area contributed by atoms with E-state index in [1.54, 1.807) is 0 Å². The van der Waals surface area contributed by atoms with Crippen molar-refractivity contribution in [2.75, 3.05) is 6.61 Å². The summed E-state index contributed by atoms with van der Waals surface area (Å²) < 4.78 is 8.58. The van der Waals surface area contributed by atoms with Gasteiger partial charge < -0.3 is 14.6 Å². The van der Waals surface area contributed by atoms with Crippen LogP contribution in [0.4, 0.5) is 0 Å². The van der Waals surface area contributed by atoms with Crippen molar-refractivity contribution in [3.05, 3.63) is 0 Å². The number of esters is 2. The van der Waals surface area contributed by atoms with Crippen molar-refractivity contribution in [1.29, 1.82) is 0 Å². The Balaban J connectivity index is 4.32. The molecule has 0 fully saturated rings. The second kappa shape index (κ2) is 5.13. The molecule has 6 heteroatoms. The Morgan fingerprint density at radius 1 is 1.38 bits per heavy atom.